The zero-order valence-corrected chi connectivity index (χ0v) is 19.8. The van der Waals surface area contributed by atoms with Crippen LogP contribution in [-0.2, 0) is 19.3 Å². The number of hydrogen-bond donors (Lipinski definition) is 1. The van der Waals surface area contributed by atoms with Crippen LogP contribution < -0.4 is 5.32 Å². The molecule has 1 aliphatic carbocycles. The van der Waals surface area contributed by atoms with Gasteiger partial charge in [-0.1, -0.05) is 41.4 Å². The Bertz CT molecular complexity index is 1290. The zero-order valence-electron chi connectivity index (χ0n) is 19.0. The van der Waals surface area contributed by atoms with E-state index < -0.39 is 0 Å². The second-order valence-electron chi connectivity index (χ2n) is 8.88. The lowest BCUT2D eigenvalue weighted by Crippen LogP contribution is -2.09. The smallest absolute Gasteiger partial charge is 0.150 e. The molecule has 0 aliphatic heterocycles. The first-order chi connectivity index (χ1) is 15.5. The minimum atomic E-state index is 0.772. The summed E-state index contributed by atoms with van der Waals surface area (Å²) in [5, 5.41) is 5.60. The fraction of sp³-hybridized carbons (Fsp3) is 0.333. The van der Waals surface area contributed by atoms with Crippen LogP contribution in [0, 0.1) is 20.8 Å². The van der Waals surface area contributed by atoms with Gasteiger partial charge in [-0.25, -0.2) is 9.97 Å². The lowest BCUT2D eigenvalue weighted by atomic mass is 9.95. The van der Waals surface area contributed by atoms with Gasteiger partial charge in [-0.3, -0.25) is 4.57 Å². The molecule has 1 aliphatic rings. The van der Waals surface area contributed by atoms with E-state index in [0.29, 0.717) is 0 Å². The van der Waals surface area contributed by atoms with E-state index in [-0.39, 0.29) is 0 Å². The van der Waals surface area contributed by atoms with E-state index in [1.807, 2.05) is 19.1 Å². The molecular formula is C27H29ClN4. The van der Waals surface area contributed by atoms with Crippen LogP contribution in [0.1, 0.15) is 46.6 Å². The maximum atomic E-state index is 6.03. The van der Waals surface area contributed by atoms with Crippen LogP contribution in [0.4, 0.5) is 5.82 Å². The van der Waals surface area contributed by atoms with Gasteiger partial charge in [0, 0.05) is 17.3 Å². The third kappa shape index (κ3) is 3.88. The number of halogens is 1. The van der Waals surface area contributed by atoms with Gasteiger partial charge in [-0.2, -0.15) is 0 Å². The maximum Gasteiger partial charge on any atom is 0.150 e. The van der Waals surface area contributed by atoms with Gasteiger partial charge >= 0.3 is 0 Å². The molecule has 0 bridgehead atoms. The van der Waals surface area contributed by atoms with Crippen molar-refractivity contribution in [1.82, 2.24) is 14.5 Å². The Kier molecular flexibility index (Phi) is 5.64. The lowest BCUT2D eigenvalue weighted by Gasteiger charge is -2.17. The molecule has 0 saturated heterocycles. The van der Waals surface area contributed by atoms with Crippen molar-refractivity contribution in [3.05, 3.63) is 81.3 Å². The van der Waals surface area contributed by atoms with E-state index in [4.69, 9.17) is 21.6 Å². The highest BCUT2D eigenvalue weighted by atomic mass is 35.5. The predicted molar refractivity (Wildman–Crippen MR) is 133 cm³/mol. The van der Waals surface area contributed by atoms with Crippen LogP contribution in [-0.4, -0.2) is 21.1 Å². The van der Waals surface area contributed by atoms with Gasteiger partial charge in [-0.05, 0) is 87.8 Å². The van der Waals surface area contributed by atoms with Crippen LogP contribution in [0.3, 0.4) is 0 Å². The molecule has 0 radical (unpaired) electrons. The standard InChI is InChI=1S/C27H29ClN4/c1-17-8-13-23(18(2)16-17)32-24-7-5-4-6-22(24)25-26(30-19(3)31-27(25)32)29-15-14-20-9-11-21(28)12-10-20/h8-13,16H,4-7,14-15H2,1-3H3,(H,29,30,31). The number of benzene rings is 2. The van der Waals surface area contributed by atoms with Gasteiger partial charge in [0.25, 0.3) is 0 Å². The second-order valence-corrected chi connectivity index (χ2v) is 9.32. The summed E-state index contributed by atoms with van der Waals surface area (Å²) in [6.07, 6.45) is 5.53. The highest BCUT2D eigenvalue weighted by Gasteiger charge is 2.25. The molecule has 0 saturated carbocycles. The summed E-state index contributed by atoms with van der Waals surface area (Å²) in [6, 6.07) is 14.8. The fourth-order valence-corrected chi connectivity index (χ4v) is 5.08. The Morgan fingerprint density at radius 2 is 1.75 bits per heavy atom. The monoisotopic (exact) mass is 444 g/mol. The fourth-order valence-electron chi connectivity index (χ4n) is 4.95. The molecule has 4 aromatic rings. The average molecular weight is 445 g/mol. The topological polar surface area (TPSA) is 42.7 Å². The van der Waals surface area contributed by atoms with Crippen molar-refractivity contribution >= 4 is 28.5 Å². The summed E-state index contributed by atoms with van der Waals surface area (Å²) in [5.74, 6) is 1.76. The van der Waals surface area contributed by atoms with Crippen molar-refractivity contribution in [1.29, 1.82) is 0 Å². The van der Waals surface area contributed by atoms with Gasteiger partial charge in [0.15, 0.2) is 5.65 Å². The van der Waals surface area contributed by atoms with Gasteiger partial charge in [0.1, 0.15) is 11.6 Å². The van der Waals surface area contributed by atoms with Crippen molar-refractivity contribution in [3.63, 3.8) is 0 Å². The van der Waals surface area contributed by atoms with E-state index in [1.54, 1.807) is 0 Å². The summed E-state index contributed by atoms with van der Waals surface area (Å²) >= 11 is 6.03. The largest absolute Gasteiger partial charge is 0.369 e. The first kappa shape index (κ1) is 21.0. The number of hydrogen-bond acceptors (Lipinski definition) is 3. The van der Waals surface area contributed by atoms with Gasteiger partial charge in [-0.15, -0.1) is 0 Å². The van der Waals surface area contributed by atoms with E-state index >= 15 is 0 Å². The molecule has 5 rings (SSSR count). The molecule has 32 heavy (non-hydrogen) atoms. The Hall–Kier alpha value is -2.85. The summed E-state index contributed by atoms with van der Waals surface area (Å²) < 4.78 is 2.40. The second kappa shape index (κ2) is 8.59. The molecule has 164 valence electrons. The molecular weight excluding hydrogens is 416 g/mol. The molecule has 0 spiro atoms. The Morgan fingerprint density at radius 3 is 2.53 bits per heavy atom. The number of aryl methyl sites for hydroxylation is 4. The third-order valence-corrected chi connectivity index (χ3v) is 6.69. The number of rotatable bonds is 5. The molecule has 5 heteroatoms. The highest BCUT2D eigenvalue weighted by molar-refractivity contribution is 6.30. The van der Waals surface area contributed by atoms with E-state index in [0.717, 1.165) is 48.1 Å². The first-order valence-corrected chi connectivity index (χ1v) is 11.9. The number of anilines is 1. The first-order valence-electron chi connectivity index (χ1n) is 11.5. The molecule has 2 aromatic heterocycles. The van der Waals surface area contributed by atoms with Crippen LogP contribution in [0.5, 0.6) is 0 Å². The quantitative estimate of drug-likeness (QED) is 0.380. The minimum Gasteiger partial charge on any atom is -0.369 e. The average Bonchev–Trinajstić information content (AvgIpc) is 3.09. The highest BCUT2D eigenvalue weighted by Crippen LogP contribution is 2.37. The SMILES string of the molecule is Cc1ccc(-n2c3c(c4c(NCCc5ccc(Cl)cc5)nc(C)nc42)CCCC3)c(C)c1. The molecule has 0 amide bonds. The van der Waals surface area contributed by atoms with E-state index in [9.17, 15) is 0 Å². The summed E-state index contributed by atoms with van der Waals surface area (Å²) in [4.78, 5) is 9.80. The normalized spacial score (nSPS) is 13.4. The molecule has 0 unspecified atom stereocenters. The Morgan fingerprint density at radius 1 is 0.969 bits per heavy atom. The maximum absolute atomic E-state index is 6.03. The van der Waals surface area contributed by atoms with Gasteiger partial charge in [0.2, 0.25) is 0 Å². The third-order valence-electron chi connectivity index (χ3n) is 6.44. The Labute approximate surface area is 194 Å². The van der Waals surface area contributed by atoms with Gasteiger partial charge < -0.3 is 5.32 Å². The molecule has 2 aromatic carbocycles. The van der Waals surface area contributed by atoms with Crippen molar-refractivity contribution < 1.29 is 0 Å². The molecule has 0 atom stereocenters. The number of nitrogens with zero attached hydrogens (tertiary/aromatic N) is 3. The van der Waals surface area contributed by atoms with E-state index in [2.05, 4.69) is 54.1 Å². The van der Waals surface area contributed by atoms with Crippen molar-refractivity contribution in [2.24, 2.45) is 0 Å². The van der Waals surface area contributed by atoms with Crippen LogP contribution in [0.15, 0.2) is 42.5 Å². The van der Waals surface area contributed by atoms with Crippen LogP contribution >= 0.6 is 11.6 Å². The number of fused-ring (bicyclic) bond motifs is 3. The number of nitrogens with one attached hydrogen (secondary N) is 1. The summed E-state index contributed by atoms with van der Waals surface area (Å²) in [5.41, 5.74) is 8.91. The summed E-state index contributed by atoms with van der Waals surface area (Å²) in [6.45, 7) is 7.15. The van der Waals surface area contributed by atoms with Crippen molar-refractivity contribution in [3.8, 4) is 5.69 Å². The molecule has 1 N–H and O–H groups in total. The van der Waals surface area contributed by atoms with Crippen LogP contribution in [0.2, 0.25) is 5.02 Å². The molecule has 0 fully saturated rings. The lowest BCUT2D eigenvalue weighted by molar-refractivity contribution is 0.666. The van der Waals surface area contributed by atoms with Crippen molar-refractivity contribution in [2.45, 2.75) is 52.9 Å². The van der Waals surface area contributed by atoms with E-state index in [1.165, 1.54) is 51.9 Å². The molecule has 4 nitrogen and oxygen atoms in total. The minimum absolute atomic E-state index is 0.772. The van der Waals surface area contributed by atoms with Crippen LogP contribution in [0.25, 0.3) is 16.7 Å². The molecule has 2 heterocycles. The Balaban J connectivity index is 1.59. The predicted octanol–water partition coefficient (Wildman–Crippen LogP) is 6.53. The zero-order chi connectivity index (χ0) is 22.2. The van der Waals surface area contributed by atoms with Gasteiger partial charge in [0.05, 0.1) is 11.1 Å². The summed E-state index contributed by atoms with van der Waals surface area (Å²) in [7, 11) is 0. The van der Waals surface area contributed by atoms with Crippen molar-refractivity contribution in [2.75, 3.05) is 11.9 Å². The number of aromatic nitrogens is 3.